The lowest BCUT2D eigenvalue weighted by Gasteiger charge is -2.10. The van der Waals surface area contributed by atoms with Crippen LogP contribution < -0.4 is 19.5 Å². The van der Waals surface area contributed by atoms with Crippen LogP contribution >= 0.6 is 11.6 Å². The van der Waals surface area contributed by atoms with E-state index >= 15 is 0 Å². The molecule has 25 heavy (non-hydrogen) atoms. The third-order valence-electron chi connectivity index (χ3n) is 3.23. The second kappa shape index (κ2) is 8.19. The van der Waals surface area contributed by atoms with Gasteiger partial charge < -0.3 is 14.8 Å². The van der Waals surface area contributed by atoms with E-state index in [9.17, 15) is 13.2 Å². The number of anilines is 1. The van der Waals surface area contributed by atoms with E-state index in [-0.39, 0.29) is 9.92 Å². The van der Waals surface area contributed by atoms with Crippen molar-refractivity contribution < 1.29 is 22.7 Å². The number of carbonyl (C=O) groups excluding carboxylic acids is 1. The van der Waals surface area contributed by atoms with E-state index in [4.69, 9.17) is 21.1 Å². The first-order valence-corrected chi connectivity index (χ1v) is 8.99. The normalized spacial score (nSPS) is 11.0. The number of halogens is 1. The predicted molar refractivity (Wildman–Crippen MR) is 94.8 cm³/mol. The minimum Gasteiger partial charge on any atom is -0.497 e. The van der Waals surface area contributed by atoms with Gasteiger partial charge in [-0.2, -0.15) is 0 Å². The molecule has 7 nitrogen and oxygen atoms in total. The van der Waals surface area contributed by atoms with E-state index < -0.39 is 22.5 Å². The molecule has 9 heteroatoms. The Bertz CT molecular complexity index is 853. The van der Waals surface area contributed by atoms with Gasteiger partial charge in [-0.3, -0.25) is 4.79 Å². The molecule has 0 aliphatic carbocycles. The van der Waals surface area contributed by atoms with Crippen LogP contribution in [-0.2, 0) is 14.8 Å². The van der Waals surface area contributed by atoms with Gasteiger partial charge in [-0.15, -0.1) is 0 Å². The number of nitrogens with one attached hydrogen (secondary N) is 2. The molecule has 0 aliphatic heterocycles. The Morgan fingerprint density at radius 2 is 1.76 bits per heavy atom. The van der Waals surface area contributed by atoms with Crippen molar-refractivity contribution in [2.45, 2.75) is 4.90 Å². The van der Waals surface area contributed by atoms with Crippen molar-refractivity contribution in [3.8, 4) is 11.5 Å². The van der Waals surface area contributed by atoms with Gasteiger partial charge in [0.05, 0.1) is 30.7 Å². The van der Waals surface area contributed by atoms with Crippen molar-refractivity contribution in [2.24, 2.45) is 0 Å². The number of amides is 1. The number of rotatable bonds is 7. The van der Waals surface area contributed by atoms with Crippen molar-refractivity contribution in [3.05, 3.63) is 47.5 Å². The molecule has 0 spiro atoms. The number of hydrogen-bond acceptors (Lipinski definition) is 5. The molecular weight excluding hydrogens is 368 g/mol. The van der Waals surface area contributed by atoms with Gasteiger partial charge in [0.25, 0.3) is 0 Å². The highest BCUT2D eigenvalue weighted by Crippen LogP contribution is 2.26. The van der Waals surface area contributed by atoms with Crippen LogP contribution in [0, 0.1) is 0 Å². The molecule has 0 bridgehead atoms. The molecule has 0 fully saturated rings. The fraction of sp³-hybridized carbons (Fsp3) is 0.188. The van der Waals surface area contributed by atoms with Gasteiger partial charge in [0.15, 0.2) is 0 Å². The van der Waals surface area contributed by atoms with Crippen LogP contribution in [0.2, 0.25) is 5.02 Å². The average molecular weight is 385 g/mol. The number of ether oxygens (including phenoxy) is 2. The molecule has 0 radical (unpaired) electrons. The SMILES string of the molecule is COc1ccc(NC(=O)CNS(=O)(=O)c2ccc(OC)c(Cl)c2)cc1. The summed E-state index contributed by atoms with van der Waals surface area (Å²) in [5.74, 6) is 0.501. The summed E-state index contributed by atoms with van der Waals surface area (Å²) in [6.45, 7) is -0.419. The third-order valence-corrected chi connectivity index (χ3v) is 4.92. The first kappa shape index (κ1) is 19.0. The van der Waals surface area contributed by atoms with E-state index in [1.165, 1.54) is 32.4 Å². The number of methoxy groups -OCH3 is 2. The molecule has 0 heterocycles. The molecule has 134 valence electrons. The molecule has 0 atom stereocenters. The molecule has 2 rings (SSSR count). The molecular formula is C16H17ClN2O5S. The van der Waals surface area contributed by atoms with Crippen LogP contribution in [0.5, 0.6) is 11.5 Å². The van der Waals surface area contributed by atoms with Crippen LogP contribution in [0.1, 0.15) is 0 Å². The first-order chi connectivity index (χ1) is 11.9. The fourth-order valence-corrected chi connectivity index (χ4v) is 3.27. The minimum atomic E-state index is -3.88. The summed E-state index contributed by atoms with van der Waals surface area (Å²) in [5.41, 5.74) is 0.525. The summed E-state index contributed by atoms with van der Waals surface area (Å²) >= 11 is 5.92. The monoisotopic (exact) mass is 384 g/mol. The Morgan fingerprint density at radius 1 is 1.08 bits per heavy atom. The summed E-state index contributed by atoms with van der Waals surface area (Å²) in [4.78, 5) is 11.8. The van der Waals surface area contributed by atoms with E-state index in [2.05, 4.69) is 10.0 Å². The van der Waals surface area contributed by atoms with Crippen molar-refractivity contribution in [2.75, 3.05) is 26.1 Å². The second-order valence-electron chi connectivity index (χ2n) is 4.90. The summed E-state index contributed by atoms with van der Waals surface area (Å²) in [6.07, 6.45) is 0. The Hall–Kier alpha value is -2.29. The van der Waals surface area contributed by atoms with Crippen LogP contribution in [0.15, 0.2) is 47.4 Å². The van der Waals surface area contributed by atoms with Crippen LogP contribution in [0.25, 0.3) is 0 Å². The van der Waals surface area contributed by atoms with Crippen LogP contribution in [-0.4, -0.2) is 35.1 Å². The highest BCUT2D eigenvalue weighted by molar-refractivity contribution is 7.89. The number of hydrogen-bond donors (Lipinski definition) is 2. The molecule has 2 aromatic rings. The lowest BCUT2D eigenvalue weighted by Crippen LogP contribution is -2.32. The summed E-state index contributed by atoms with van der Waals surface area (Å²) in [6, 6.07) is 10.7. The summed E-state index contributed by atoms with van der Waals surface area (Å²) < 4.78 is 36.6. The van der Waals surface area contributed by atoms with Gasteiger partial charge >= 0.3 is 0 Å². The summed E-state index contributed by atoms with van der Waals surface area (Å²) in [7, 11) is -0.913. The Balaban J connectivity index is 1.98. The zero-order valence-corrected chi connectivity index (χ0v) is 15.1. The van der Waals surface area contributed by atoms with Gasteiger partial charge in [0.2, 0.25) is 15.9 Å². The molecule has 1 amide bonds. The van der Waals surface area contributed by atoms with Crippen molar-refractivity contribution in [1.82, 2.24) is 4.72 Å². The van der Waals surface area contributed by atoms with E-state index in [0.717, 1.165) is 0 Å². The summed E-state index contributed by atoms with van der Waals surface area (Å²) in [5, 5.41) is 2.74. The standard InChI is InChI=1S/C16H17ClN2O5S/c1-23-12-5-3-11(4-6-12)19-16(20)10-18-25(21,22)13-7-8-15(24-2)14(17)9-13/h3-9,18H,10H2,1-2H3,(H,19,20). The lowest BCUT2D eigenvalue weighted by molar-refractivity contribution is -0.115. The maximum atomic E-state index is 12.2. The Labute approximate surface area is 151 Å². The van der Waals surface area contributed by atoms with E-state index in [1.807, 2.05) is 0 Å². The zero-order chi connectivity index (χ0) is 18.4. The van der Waals surface area contributed by atoms with Crippen molar-refractivity contribution in [3.63, 3.8) is 0 Å². The fourth-order valence-electron chi connectivity index (χ4n) is 1.94. The Kier molecular flexibility index (Phi) is 6.24. The molecule has 2 aromatic carbocycles. The molecule has 0 aliphatic rings. The molecule has 0 aromatic heterocycles. The largest absolute Gasteiger partial charge is 0.497 e. The molecule has 0 saturated carbocycles. The zero-order valence-electron chi connectivity index (χ0n) is 13.6. The molecule has 2 N–H and O–H groups in total. The quantitative estimate of drug-likeness (QED) is 0.763. The lowest BCUT2D eigenvalue weighted by atomic mass is 10.3. The maximum Gasteiger partial charge on any atom is 0.241 e. The van der Waals surface area contributed by atoms with Gasteiger partial charge in [0, 0.05) is 5.69 Å². The Morgan fingerprint density at radius 3 is 2.32 bits per heavy atom. The van der Waals surface area contributed by atoms with E-state index in [0.29, 0.717) is 17.2 Å². The van der Waals surface area contributed by atoms with Gasteiger partial charge in [0.1, 0.15) is 11.5 Å². The van der Waals surface area contributed by atoms with Gasteiger partial charge in [-0.05, 0) is 42.5 Å². The van der Waals surface area contributed by atoms with E-state index in [1.54, 1.807) is 24.3 Å². The number of sulfonamides is 1. The highest BCUT2D eigenvalue weighted by Gasteiger charge is 2.17. The van der Waals surface area contributed by atoms with Crippen LogP contribution in [0.3, 0.4) is 0 Å². The topological polar surface area (TPSA) is 93.7 Å². The molecule has 0 saturated heterocycles. The first-order valence-electron chi connectivity index (χ1n) is 7.13. The maximum absolute atomic E-state index is 12.2. The predicted octanol–water partition coefficient (Wildman–Crippen LogP) is 2.27. The minimum absolute atomic E-state index is 0.0597. The van der Waals surface area contributed by atoms with Gasteiger partial charge in [-0.25, -0.2) is 13.1 Å². The van der Waals surface area contributed by atoms with Crippen molar-refractivity contribution >= 4 is 33.2 Å². The number of benzene rings is 2. The van der Waals surface area contributed by atoms with Crippen LogP contribution in [0.4, 0.5) is 5.69 Å². The molecule has 0 unspecified atom stereocenters. The average Bonchev–Trinajstić information content (AvgIpc) is 2.60. The number of carbonyl (C=O) groups is 1. The smallest absolute Gasteiger partial charge is 0.241 e. The second-order valence-corrected chi connectivity index (χ2v) is 7.07. The highest BCUT2D eigenvalue weighted by atomic mass is 35.5. The van der Waals surface area contributed by atoms with Crippen molar-refractivity contribution in [1.29, 1.82) is 0 Å². The third kappa shape index (κ3) is 5.09. The van der Waals surface area contributed by atoms with Gasteiger partial charge in [-0.1, -0.05) is 11.6 Å².